The number of unbranched alkanes of at least 4 members (excludes halogenated alkanes) is 7. The van der Waals surface area contributed by atoms with Gasteiger partial charge in [-0.25, -0.2) is 4.79 Å². The molecular formula is C19H29BO5. The van der Waals surface area contributed by atoms with E-state index in [9.17, 15) is 4.79 Å². The van der Waals surface area contributed by atoms with Gasteiger partial charge in [-0.05, 0) is 30.4 Å². The predicted octanol–water partition coefficient (Wildman–Crippen LogP) is 2.60. The van der Waals surface area contributed by atoms with E-state index in [0.717, 1.165) is 31.4 Å². The SMILES string of the molecule is C=CC(=O)OCCCCCCCCCCOc1ccc(B(O)O)cc1. The lowest BCUT2D eigenvalue weighted by molar-refractivity contribution is -0.137. The number of rotatable bonds is 14. The van der Waals surface area contributed by atoms with Crippen LogP contribution in [0.15, 0.2) is 36.9 Å². The van der Waals surface area contributed by atoms with Gasteiger partial charge in [-0.2, -0.15) is 0 Å². The lowest BCUT2D eigenvalue weighted by atomic mass is 9.80. The molecule has 0 saturated carbocycles. The average Bonchev–Trinajstić information content (AvgIpc) is 2.62. The predicted molar refractivity (Wildman–Crippen MR) is 99.9 cm³/mol. The van der Waals surface area contributed by atoms with E-state index in [1.54, 1.807) is 24.3 Å². The molecule has 0 radical (unpaired) electrons. The molecule has 0 aliphatic carbocycles. The van der Waals surface area contributed by atoms with Crippen molar-refractivity contribution in [2.75, 3.05) is 13.2 Å². The molecule has 5 nitrogen and oxygen atoms in total. The molecule has 138 valence electrons. The number of carbonyl (C=O) groups is 1. The molecule has 0 bridgehead atoms. The third kappa shape index (κ3) is 10.6. The third-order valence-corrected chi connectivity index (χ3v) is 3.90. The molecule has 0 amide bonds. The van der Waals surface area contributed by atoms with Crippen molar-refractivity contribution < 1.29 is 24.3 Å². The first-order valence-corrected chi connectivity index (χ1v) is 9.01. The Morgan fingerprint density at radius 3 is 1.96 bits per heavy atom. The smallest absolute Gasteiger partial charge is 0.488 e. The Morgan fingerprint density at radius 1 is 0.920 bits per heavy atom. The van der Waals surface area contributed by atoms with Crippen LogP contribution in [0.5, 0.6) is 5.75 Å². The Hall–Kier alpha value is -1.79. The van der Waals surface area contributed by atoms with Gasteiger partial charge in [0.05, 0.1) is 13.2 Å². The Kier molecular flexibility index (Phi) is 11.5. The van der Waals surface area contributed by atoms with Crippen LogP contribution in [0, 0.1) is 0 Å². The van der Waals surface area contributed by atoms with Gasteiger partial charge < -0.3 is 19.5 Å². The monoisotopic (exact) mass is 348 g/mol. The van der Waals surface area contributed by atoms with Gasteiger partial charge in [0.25, 0.3) is 0 Å². The van der Waals surface area contributed by atoms with Crippen LogP contribution < -0.4 is 10.2 Å². The summed E-state index contributed by atoms with van der Waals surface area (Å²) in [6, 6.07) is 6.80. The lowest BCUT2D eigenvalue weighted by Crippen LogP contribution is -2.29. The van der Waals surface area contributed by atoms with Crippen molar-refractivity contribution in [1.29, 1.82) is 0 Å². The van der Waals surface area contributed by atoms with Crippen LogP contribution >= 0.6 is 0 Å². The maximum atomic E-state index is 10.8. The van der Waals surface area contributed by atoms with Crippen molar-refractivity contribution in [1.82, 2.24) is 0 Å². The molecule has 0 fully saturated rings. The lowest BCUT2D eigenvalue weighted by Gasteiger charge is -2.07. The zero-order valence-corrected chi connectivity index (χ0v) is 14.9. The van der Waals surface area contributed by atoms with Crippen molar-refractivity contribution in [3.8, 4) is 5.75 Å². The van der Waals surface area contributed by atoms with Gasteiger partial charge in [0.15, 0.2) is 0 Å². The summed E-state index contributed by atoms with van der Waals surface area (Å²) in [6.45, 7) is 4.52. The minimum Gasteiger partial charge on any atom is -0.494 e. The van der Waals surface area contributed by atoms with Crippen LogP contribution in [0.4, 0.5) is 0 Å². The summed E-state index contributed by atoms with van der Waals surface area (Å²) in [6.07, 6.45) is 10.2. The largest absolute Gasteiger partial charge is 0.494 e. The maximum absolute atomic E-state index is 10.8. The van der Waals surface area contributed by atoms with E-state index in [2.05, 4.69) is 6.58 Å². The first kappa shape index (κ1) is 21.3. The molecule has 6 heteroatoms. The molecule has 0 aliphatic rings. The molecule has 1 aromatic rings. The summed E-state index contributed by atoms with van der Waals surface area (Å²) < 4.78 is 10.6. The topological polar surface area (TPSA) is 76.0 Å². The van der Waals surface area contributed by atoms with Crippen LogP contribution in [0.3, 0.4) is 0 Å². The van der Waals surface area contributed by atoms with Crippen molar-refractivity contribution in [3.63, 3.8) is 0 Å². The molecule has 0 aliphatic heterocycles. The minimum absolute atomic E-state index is 0.343. The number of hydrogen-bond acceptors (Lipinski definition) is 5. The molecule has 0 aromatic heterocycles. The van der Waals surface area contributed by atoms with Crippen LogP contribution in [-0.4, -0.2) is 36.3 Å². The van der Waals surface area contributed by atoms with Crippen molar-refractivity contribution in [2.45, 2.75) is 51.4 Å². The number of carbonyl (C=O) groups excluding carboxylic acids is 1. The molecule has 1 rings (SSSR count). The fraction of sp³-hybridized carbons (Fsp3) is 0.526. The summed E-state index contributed by atoms with van der Waals surface area (Å²) in [5, 5.41) is 18.0. The van der Waals surface area contributed by atoms with Gasteiger partial charge in [0.1, 0.15) is 5.75 Å². The van der Waals surface area contributed by atoms with E-state index in [1.165, 1.54) is 31.8 Å². The van der Waals surface area contributed by atoms with Crippen molar-refractivity contribution in [3.05, 3.63) is 36.9 Å². The number of esters is 1. The Balaban J connectivity index is 1.89. The highest BCUT2D eigenvalue weighted by Crippen LogP contribution is 2.11. The standard InChI is InChI=1S/C19H29BO5/c1-2-19(21)25-16-10-8-6-4-3-5-7-9-15-24-18-13-11-17(12-14-18)20(22)23/h2,11-14,22-23H,1,3-10,15-16H2. The zero-order chi connectivity index (χ0) is 18.3. The van der Waals surface area contributed by atoms with Gasteiger partial charge in [0.2, 0.25) is 0 Å². The minimum atomic E-state index is -1.43. The van der Waals surface area contributed by atoms with Gasteiger partial charge in [-0.3, -0.25) is 0 Å². The van der Waals surface area contributed by atoms with Gasteiger partial charge in [-0.15, -0.1) is 0 Å². The Bertz CT molecular complexity index is 487. The second-order valence-corrected chi connectivity index (χ2v) is 5.99. The van der Waals surface area contributed by atoms with Crippen molar-refractivity contribution in [2.24, 2.45) is 0 Å². The maximum Gasteiger partial charge on any atom is 0.488 e. The fourth-order valence-corrected chi connectivity index (χ4v) is 2.42. The highest BCUT2D eigenvalue weighted by Gasteiger charge is 2.09. The van der Waals surface area contributed by atoms with E-state index >= 15 is 0 Å². The number of hydrogen-bond donors (Lipinski definition) is 2. The average molecular weight is 348 g/mol. The summed E-state index contributed by atoms with van der Waals surface area (Å²) in [5.74, 6) is 0.408. The van der Waals surface area contributed by atoms with E-state index in [-0.39, 0.29) is 5.97 Å². The van der Waals surface area contributed by atoms with E-state index < -0.39 is 7.12 Å². The summed E-state index contributed by atoms with van der Waals surface area (Å²) in [5.41, 5.74) is 0.464. The molecule has 0 unspecified atom stereocenters. The first-order valence-electron chi connectivity index (χ1n) is 9.01. The second-order valence-electron chi connectivity index (χ2n) is 5.99. The zero-order valence-electron chi connectivity index (χ0n) is 14.9. The van der Waals surface area contributed by atoms with Gasteiger partial charge in [0, 0.05) is 6.08 Å². The third-order valence-electron chi connectivity index (χ3n) is 3.90. The molecule has 0 atom stereocenters. The molecule has 0 heterocycles. The normalized spacial score (nSPS) is 10.3. The van der Waals surface area contributed by atoms with Crippen molar-refractivity contribution >= 4 is 18.6 Å². The quantitative estimate of drug-likeness (QED) is 0.234. The summed E-state index contributed by atoms with van der Waals surface area (Å²) in [4.78, 5) is 10.8. The van der Waals surface area contributed by atoms with E-state index in [1.807, 2.05) is 0 Å². The van der Waals surface area contributed by atoms with E-state index in [0.29, 0.717) is 18.7 Å². The molecule has 0 saturated heterocycles. The second kappa shape index (κ2) is 13.5. The fourth-order valence-electron chi connectivity index (χ4n) is 2.42. The number of ether oxygens (including phenoxy) is 2. The molecule has 2 N–H and O–H groups in total. The summed E-state index contributed by atoms with van der Waals surface area (Å²) in [7, 11) is -1.43. The Labute approximate surface area is 150 Å². The van der Waals surface area contributed by atoms with Gasteiger partial charge in [-0.1, -0.05) is 57.2 Å². The van der Waals surface area contributed by atoms with Gasteiger partial charge >= 0.3 is 13.1 Å². The van der Waals surface area contributed by atoms with Crippen LogP contribution in [0.2, 0.25) is 0 Å². The first-order chi connectivity index (χ1) is 12.1. The molecule has 1 aromatic carbocycles. The summed E-state index contributed by atoms with van der Waals surface area (Å²) >= 11 is 0. The Morgan fingerprint density at radius 2 is 1.44 bits per heavy atom. The van der Waals surface area contributed by atoms with Crippen LogP contribution in [0.1, 0.15) is 51.4 Å². The van der Waals surface area contributed by atoms with E-state index in [4.69, 9.17) is 19.5 Å². The molecule has 0 spiro atoms. The van der Waals surface area contributed by atoms with Crippen LogP contribution in [0.25, 0.3) is 0 Å². The molecular weight excluding hydrogens is 319 g/mol. The molecule has 25 heavy (non-hydrogen) atoms. The number of benzene rings is 1. The van der Waals surface area contributed by atoms with Crippen LogP contribution in [-0.2, 0) is 9.53 Å². The highest BCUT2D eigenvalue weighted by molar-refractivity contribution is 6.58. The highest BCUT2D eigenvalue weighted by atomic mass is 16.5.